The number of aromatic nitrogens is 1. The van der Waals surface area contributed by atoms with Crippen LogP contribution in [0.25, 0.3) is 10.2 Å². The molecule has 1 aromatic heterocycles. The van der Waals surface area contributed by atoms with E-state index >= 15 is 0 Å². The molecule has 1 N–H and O–H groups in total. The molecule has 2 amide bonds. The quantitative estimate of drug-likeness (QED) is 0.868. The number of nitrogens with one attached hydrogen (secondary N) is 1. The SMILES string of the molecule is CCN1C(=O)CC(Nc2nc3ccccc3s2)C1=O. The number of likely N-dealkylation sites (tertiary alicyclic amines) is 1. The second-order valence-corrected chi connectivity index (χ2v) is 5.39. The molecule has 2 aromatic rings. The van der Waals surface area contributed by atoms with Crippen molar-refractivity contribution in [2.75, 3.05) is 11.9 Å². The van der Waals surface area contributed by atoms with Crippen molar-refractivity contribution in [3.8, 4) is 0 Å². The first-order valence-electron chi connectivity index (χ1n) is 6.15. The highest BCUT2D eigenvalue weighted by Crippen LogP contribution is 2.27. The number of thiazole rings is 1. The number of likely N-dealkylation sites (N-methyl/N-ethyl adjacent to an activating group) is 1. The van der Waals surface area contributed by atoms with Gasteiger partial charge in [-0.15, -0.1) is 0 Å². The maximum absolute atomic E-state index is 12.0. The van der Waals surface area contributed by atoms with E-state index in [0.29, 0.717) is 11.7 Å². The molecule has 6 heteroatoms. The molecule has 1 aliphatic rings. The third-order valence-electron chi connectivity index (χ3n) is 3.15. The largest absolute Gasteiger partial charge is 0.349 e. The van der Waals surface area contributed by atoms with Crippen molar-refractivity contribution in [1.82, 2.24) is 9.88 Å². The average Bonchev–Trinajstić information content (AvgIpc) is 2.91. The third-order valence-corrected chi connectivity index (χ3v) is 4.12. The lowest BCUT2D eigenvalue weighted by Gasteiger charge is -2.12. The van der Waals surface area contributed by atoms with Gasteiger partial charge >= 0.3 is 0 Å². The van der Waals surface area contributed by atoms with Gasteiger partial charge in [0.25, 0.3) is 5.91 Å². The number of carbonyl (C=O) groups is 2. The lowest BCUT2D eigenvalue weighted by molar-refractivity contribution is -0.138. The summed E-state index contributed by atoms with van der Waals surface area (Å²) in [5, 5.41) is 3.76. The average molecular weight is 275 g/mol. The maximum atomic E-state index is 12.0. The summed E-state index contributed by atoms with van der Waals surface area (Å²) in [5.41, 5.74) is 0.902. The molecule has 5 nitrogen and oxygen atoms in total. The highest BCUT2D eigenvalue weighted by molar-refractivity contribution is 7.22. The molecule has 0 radical (unpaired) electrons. The van der Waals surface area contributed by atoms with E-state index in [1.807, 2.05) is 24.3 Å². The van der Waals surface area contributed by atoms with Gasteiger partial charge in [0, 0.05) is 6.54 Å². The lowest BCUT2D eigenvalue weighted by Crippen LogP contribution is -2.34. The van der Waals surface area contributed by atoms with Crippen LogP contribution in [0.5, 0.6) is 0 Å². The Morgan fingerprint density at radius 2 is 2.21 bits per heavy atom. The van der Waals surface area contributed by atoms with E-state index in [4.69, 9.17) is 0 Å². The summed E-state index contributed by atoms with van der Waals surface area (Å²) < 4.78 is 1.06. The van der Waals surface area contributed by atoms with E-state index in [1.165, 1.54) is 16.2 Å². The van der Waals surface area contributed by atoms with Gasteiger partial charge in [-0.05, 0) is 19.1 Å². The van der Waals surface area contributed by atoms with Crippen molar-refractivity contribution in [2.24, 2.45) is 0 Å². The van der Waals surface area contributed by atoms with Crippen LogP contribution < -0.4 is 5.32 Å². The second kappa shape index (κ2) is 4.62. The zero-order valence-corrected chi connectivity index (χ0v) is 11.2. The monoisotopic (exact) mass is 275 g/mol. The molecule has 3 rings (SSSR count). The Morgan fingerprint density at radius 3 is 2.89 bits per heavy atom. The van der Waals surface area contributed by atoms with Gasteiger partial charge in [0.15, 0.2) is 5.13 Å². The fourth-order valence-electron chi connectivity index (χ4n) is 2.21. The minimum atomic E-state index is -0.479. The summed E-state index contributed by atoms with van der Waals surface area (Å²) in [6, 6.07) is 7.31. The summed E-state index contributed by atoms with van der Waals surface area (Å²) in [6.07, 6.45) is 0.211. The zero-order valence-electron chi connectivity index (χ0n) is 10.4. The van der Waals surface area contributed by atoms with Crippen LogP contribution in [0.2, 0.25) is 0 Å². The molecule has 1 fully saturated rings. The van der Waals surface area contributed by atoms with Gasteiger partial charge in [0.1, 0.15) is 6.04 Å². The number of rotatable bonds is 3. The van der Waals surface area contributed by atoms with Crippen LogP contribution >= 0.6 is 11.3 Å². The van der Waals surface area contributed by atoms with E-state index < -0.39 is 6.04 Å². The summed E-state index contributed by atoms with van der Waals surface area (Å²) in [7, 11) is 0. The molecule has 0 saturated carbocycles. The van der Waals surface area contributed by atoms with Crippen molar-refractivity contribution >= 4 is 38.5 Å². The van der Waals surface area contributed by atoms with Crippen molar-refractivity contribution in [1.29, 1.82) is 0 Å². The Labute approximate surface area is 114 Å². The molecular formula is C13H13N3O2S. The van der Waals surface area contributed by atoms with Gasteiger partial charge in [-0.2, -0.15) is 0 Å². The van der Waals surface area contributed by atoms with Crippen molar-refractivity contribution in [3.63, 3.8) is 0 Å². The summed E-state index contributed by atoms with van der Waals surface area (Å²) in [6.45, 7) is 2.23. The van der Waals surface area contributed by atoms with Gasteiger partial charge < -0.3 is 5.32 Å². The van der Waals surface area contributed by atoms with Gasteiger partial charge in [-0.3, -0.25) is 14.5 Å². The number of hydrogen-bond donors (Lipinski definition) is 1. The molecule has 0 bridgehead atoms. The molecule has 1 saturated heterocycles. The van der Waals surface area contributed by atoms with Crippen LogP contribution in [0.1, 0.15) is 13.3 Å². The predicted molar refractivity (Wildman–Crippen MR) is 74.0 cm³/mol. The van der Waals surface area contributed by atoms with E-state index in [-0.39, 0.29) is 18.2 Å². The first kappa shape index (κ1) is 12.1. The van der Waals surface area contributed by atoms with Gasteiger partial charge in [-0.25, -0.2) is 4.98 Å². The normalized spacial score (nSPS) is 19.4. The molecular weight excluding hydrogens is 262 g/mol. The van der Waals surface area contributed by atoms with Gasteiger partial charge in [0.05, 0.1) is 16.6 Å². The van der Waals surface area contributed by atoms with Crippen LogP contribution in [0.4, 0.5) is 5.13 Å². The fourth-order valence-corrected chi connectivity index (χ4v) is 3.13. The number of benzene rings is 1. The first-order valence-corrected chi connectivity index (χ1v) is 6.97. The van der Waals surface area contributed by atoms with Crippen LogP contribution in [0, 0.1) is 0 Å². The number of fused-ring (bicyclic) bond motifs is 1. The van der Waals surface area contributed by atoms with E-state index in [0.717, 1.165) is 10.2 Å². The highest BCUT2D eigenvalue weighted by atomic mass is 32.1. The van der Waals surface area contributed by atoms with Crippen LogP contribution in [-0.2, 0) is 9.59 Å². The number of amides is 2. The number of hydrogen-bond acceptors (Lipinski definition) is 5. The molecule has 1 atom stereocenters. The third kappa shape index (κ3) is 2.08. The van der Waals surface area contributed by atoms with Crippen LogP contribution in [0.3, 0.4) is 0 Å². The molecule has 98 valence electrons. The first-order chi connectivity index (χ1) is 9.19. The smallest absolute Gasteiger partial charge is 0.252 e. The lowest BCUT2D eigenvalue weighted by atomic mass is 10.2. The fraction of sp³-hybridized carbons (Fsp3) is 0.308. The minimum absolute atomic E-state index is 0.119. The minimum Gasteiger partial charge on any atom is -0.349 e. The van der Waals surface area contributed by atoms with Gasteiger partial charge in [0.2, 0.25) is 5.91 Å². The van der Waals surface area contributed by atoms with Crippen LogP contribution in [-0.4, -0.2) is 34.3 Å². The topological polar surface area (TPSA) is 62.3 Å². The Hall–Kier alpha value is -1.95. The van der Waals surface area contributed by atoms with Crippen molar-refractivity contribution in [2.45, 2.75) is 19.4 Å². The molecule has 1 aliphatic heterocycles. The van der Waals surface area contributed by atoms with E-state index in [1.54, 1.807) is 6.92 Å². The number of para-hydroxylation sites is 1. The number of anilines is 1. The summed E-state index contributed by atoms with van der Waals surface area (Å²) in [4.78, 5) is 29.3. The summed E-state index contributed by atoms with van der Waals surface area (Å²) in [5.74, 6) is -0.280. The van der Waals surface area contributed by atoms with Crippen molar-refractivity contribution in [3.05, 3.63) is 24.3 Å². The molecule has 0 aliphatic carbocycles. The number of carbonyl (C=O) groups excluding carboxylic acids is 2. The van der Waals surface area contributed by atoms with E-state index in [2.05, 4.69) is 10.3 Å². The Kier molecular flexibility index (Phi) is 2.94. The number of nitrogens with zero attached hydrogens (tertiary/aromatic N) is 2. The predicted octanol–water partition coefficient (Wildman–Crippen LogP) is 1.86. The summed E-state index contributed by atoms with van der Waals surface area (Å²) >= 11 is 1.49. The zero-order chi connectivity index (χ0) is 13.4. The molecule has 2 heterocycles. The molecule has 0 spiro atoms. The maximum Gasteiger partial charge on any atom is 0.252 e. The standard InChI is InChI=1S/C13H13N3O2S/c1-2-16-11(17)7-9(12(16)18)15-13-14-8-5-3-4-6-10(8)19-13/h3-6,9H,2,7H2,1H3,(H,14,15). The van der Waals surface area contributed by atoms with Crippen LogP contribution in [0.15, 0.2) is 24.3 Å². The second-order valence-electron chi connectivity index (χ2n) is 4.36. The molecule has 1 unspecified atom stereocenters. The van der Waals surface area contributed by atoms with E-state index in [9.17, 15) is 9.59 Å². The van der Waals surface area contributed by atoms with Crippen molar-refractivity contribution < 1.29 is 9.59 Å². The van der Waals surface area contributed by atoms with Gasteiger partial charge in [-0.1, -0.05) is 23.5 Å². The number of imide groups is 1. The Balaban J connectivity index is 1.82. The Morgan fingerprint density at radius 1 is 1.42 bits per heavy atom. The highest BCUT2D eigenvalue weighted by Gasteiger charge is 2.37. The Bertz CT molecular complexity index is 619. The molecule has 1 aromatic carbocycles. The molecule has 19 heavy (non-hydrogen) atoms.